The third-order valence-electron chi connectivity index (χ3n) is 8.57. The molecule has 21 heteroatoms. The zero-order valence-electron chi connectivity index (χ0n) is 29.0. The van der Waals surface area contributed by atoms with Crippen LogP contribution in [0.5, 0.6) is 0 Å². The van der Waals surface area contributed by atoms with Crippen LogP contribution in [0.3, 0.4) is 0 Å². The van der Waals surface area contributed by atoms with Crippen molar-refractivity contribution < 1.29 is 18.3 Å². The van der Waals surface area contributed by atoms with Crippen molar-refractivity contribution in [3.05, 3.63) is 0 Å². The molecule has 8 aliphatic rings. The SMILES string of the molecule is CN(C)P(=[OH+])(N1CC1)N1CC1.CN(C)P(=[OH+])(N1CC1)N1CC1.CN(C)P(=[OH+])(N1CC1)N1CC1.CN(C)P(=[OH+])(N1CC1)N1CC1.[Mg+2]. The van der Waals surface area contributed by atoms with Crippen LogP contribution < -0.4 is 0 Å². The Hall–Kier alpha value is 1.21. The molecule has 0 radical (unpaired) electrons. The van der Waals surface area contributed by atoms with Gasteiger partial charge in [-0.3, -0.25) is 18.3 Å². The van der Waals surface area contributed by atoms with Crippen molar-refractivity contribution in [3.63, 3.8) is 0 Å². The summed E-state index contributed by atoms with van der Waals surface area (Å²) in [6.07, 6.45) is 0. The first-order valence-electron chi connectivity index (χ1n) is 15.8. The van der Waals surface area contributed by atoms with E-state index in [1.54, 1.807) is 0 Å². The van der Waals surface area contributed by atoms with Gasteiger partial charge >= 0.3 is 53.4 Å². The molecule has 256 valence electrons. The van der Waals surface area contributed by atoms with Crippen molar-refractivity contribution in [2.45, 2.75) is 0 Å². The molecule has 4 N–H and O–H groups in total. The van der Waals surface area contributed by atoms with E-state index in [1.807, 2.05) is 75.1 Å². The average molecular weight is 729 g/mol. The first-order chi connectivity index (χ1) is 20.6. The molecule has 8 aliphatic heterocycles. The Labute approximate surface area is 287 Å². The summed E-state index contributed by atoms with van der Waals surface area (Å²) in [5.74, 6) is 0. The summed E-state index contributed by atoms with van der Waals surface area (Å²) in [5, 5.41) is 0. The van der Waals surface area contributed by atoms with E-state index < -0.39 is 30.4 Å². The second kappa shape index (κ2) is 14.8. The van der Waals surface area contributed by atoms with Gasteiger partial charge in [0.25, 0.3) is 0 Å². The second-order valence-corrected chi connectivity index (χ2v) is 25.2. The van der Waals surface area contributed by atoms with Gasteiger partial charge in [0.2, 0.25) is 0 Å². The van der Waals surface area contributed by atoms with Gasteiger partial charge in [0.05, 0.1) is 0 Å². The van der Waals surface area contributed by atoms with E-state index in [4.69, 9.17) is 0 Å². The van der Waals surface area contributed by atoms with Crippen LogP contribution in [0, 0.1) is 0 Å². The van der Waals surface area contributed by atoms with E-state index in [2.05, 4.69) is 37.4 Å². The van der Waals surface area contributed by atoms with Gasteiger partial charge in [0, 0.05) is 161 Å². The van der Waals surface area contributed by atoms with Crippen LogP contribution >= 0.6 is 30.4 Å². The van der Waals surface area contributed by atoms with Crippen LogP contribution in [0.1, 0.15) is 0 Å². The van der Waals surface area contributed by atoms with E-state index >= 15 is 0 Å². The van der Waals surface area contributed by atoms with E-state index in [-0.39, 0.29) is 23.1 Å². The molecule has 0 spiro atoms. The maximum atomic E-state index is 10.3. The van der Waals surface area contributed by atoms with Gasteiger partial charge < -0.3 is 0 Å². The fourth-order valence-corrected chi connectivity index (χ4v) is 15.7. The Kier molecular flexibility index (Phi) is 12.8. The molecule has 0 amide bonds. The minimum atomic E-state index is -1.96. The van der Waals surface area contributed by atoms with Crippen LogP contribution in [0.15, 0.2) is 0 Å². The topological polar surface area (TPSA) is 123 Å². The first kappa shape index (κ1) is 39.0. The van der Waals surface area contributed by atoms with Crippen LogP contribution in [-0.2, 0) is 0 Å². The van der Waals surface area contributed by atoms with Gasteiger partial charge in [0.1, 0.15) is 0 Å². The fourth-order valence-electron chi connectivity index (χ4n) is 5.24. The molecular formula is C24H60MgN12O4P4+6. The van der Waals surface area contributed by atoms with Crippen LogP contribution in [0.4, 0.5) is 0 Å². The number of hydrogen-bond donors (Lipinski definition) is 0. The summed E-state index contributed by atoms with van der Waals surface area (Å²) in [5.41, 5.74) is 0. The summed E-state index contributed by atoms with van der Waals surface area (Å²) in [7, 11) is 7.85. The number of hydrogen-bond acceptors (Lipinski definition) is 0. The van der Waals surface area contributed by atoms with Gasteiger partial charge in [-0.15, -0.1) is 0 Å². The summed E-state index contributed by atoms with van der Waals surface area (Å²) < 4.78 is 66.3. The van der Waals surface area contributed by atoms with E-state index in [0.717, 1.165) is 105 Å². The van der Waals surface area contributed by atoms with Crippen molar-refractivity contribution >= 4 is 53.4 Å². The van der Waals surface area contributed by atoms with Crippen molar-refractivity contribution in [1.29, 1.82) is 0 Å². The summed E-state index contributed by atoms with van der Waals surface area (Å²) in [4.78, 5) is 0. The standard InChI is InChI=1S/4C6H14N3OP.Mg/c4*1-7(2)11(10,8-3-4-8)9-5-6-9;/h4*3-6H2,1-2H3;/q;;;;+2/p+4. The van der Waals surface area contributed by atoms with Gasteiger partial charge in [-0.05, 0) is 0 Å². The second-order valence-electron chi connectivity index (χ2n) is 13.2. The van der Waals surface area contributed by atoms with Crippen LogP contribution in [0.2, 0.25) is 0 Å². The molecular weight excluding hydrogens is 669 g/mol. The third-order valence-corrected chi connectivity index (χ3v) is 22.1. The molecule has 8 fully saturated rings. The van der Waals surface area contributed by atoms with Crippen molar-refractivity contribution in [1.82, 2.24) is 56.0 Å². The minimum Gasteiger partial charge on any atom is -0.277 e. The zero-order valence-corrected chi connectivity index (χ0v) is 34.0. The predicted octanol–water partition coefficient (Wildman–Crippen LogP) is 0.536. The summed E-state index contributed by atoms with van der Waals surface area (Å²) in [6.45, 7) is 17.1. The molecule has 8 heterocycles. The van der Waals surface area contributed by atoms with Gasteiger partial charge in [-0.2, -0.15) is 56.0 Å². The zero-order chi connectivity index (χ0) is 32.2. The van der Waals surface area contributed by atoms with Gasteiger partial charge in [0.15, 0.2) is 0 Å². The Balaban J connectivity index is 0.000000136. The maximum absolute atomic E-state index is 10.3. The van der Waals surface area contributed by atoms with E-state index in [1.165, 1.54) is 0 Å². The first-order valence-corrected chi connectivity index (χ1v) is 22.2. The molecule has 16 nitrogen and oxygen atoms in total. The normalized spacial score (nSPS) is 25.5. The van der Waals surface area contributed by atoms with Gasteiger partial charge in [-0.25, -0.2) is 0 Å². The molecule has 0 aromatic heterocycles. The van der Waals surface area contributed by atoms with Crippen molar-refractivity contribution in [3.8, 4) is 0 Å². The van der Waals surface area contributed by atoms with Crippen molar-refractivity contribution in [2.75, 3.05) is 161 Å². The predicted molar refractivity (Wildman–Crippen MR) is 189 cm³/mol. The van der Waals surface area contributed by atoms with Crippen LogP contribution in [0.25, 0.3) is 0 Å². The smallest absolute Gasteiger partial charge is 0.277 e. The summed E-state index contributed by atoms with van der Waals surface area (Å²) in [6, 6.07) is 0. The maximum Gasteiger partial charge on any atom is 2.00 e. The minimum absolute atomic E-state index is 0. The fraction of sp³-hybridized carbons (Fsp3) is 1.00. The molecule has 45 heavy (non-hydrogen) atoms. The molecule has 0 bridgehead atoms. The molecule has 0 aromatic rings. The largest absolute Gasteiger partial charge is 2.00 e. The van der Waals surface area contributed by atoms with E-state index in [0.29, 0.717) is 0 Å². The third kappa shape index (κ3) is 8.93. The summed E-state index contributed by atoms with van der Waals surface area (Å²) >= 11 is 0. The van der Waals surface area contributed by atoms with Gasteiger partial charge in [-0.1, -0.05) is 0 Å². The monoisotopic (exact) mass is 728 g/mol. The van der Waals surface area contributed by atoms with E-state index in [9.17, 15) is 18.3 Å². The molecule has 8 rings (SSSR count). The Morgan fingerprint density at radius 2 is 0.378 bits per heavy atom. The van der Waals surface area contributed by atoms with Crippen LogP contribution in [-0.4, -0.2) is 258 Å². The Bertz CT molecular complexity index is 933. The molecule has 0 aromatic carbocycles. The molecule has 0 aliphatic carbocycles. The quantitative estimate of drug-likeness (QED) is 0.121. The Morgan fingerprint density at radius 3 is 0.422 bits per heavy atom. The Morgan fingerprint density at radius 1 is 0.289 bits per heavy atom. The molecule has 0 atom stereocenters. The molecule has 0 saturated carbocycles. The van der Waals surface area contributed by atoms with Crippen molar-refractivity contribution in [2.24, 2.45) is 0 Å². The average Bonchev–Trinajstić information content (AvgIpc) is 3.85. The number of rotatable bonds is 12. The molecule has 0 unspecified atom stereocenters. The molecule has 8 saturated heterocycles. The number of nitrogens with zero attached hydrogens (tertiary/aromatic N) is 12.